The Labute approximate surface area is 187 Å². The predicted molar refractivity (Wildman–Crippen MR) is 114 cm³/mol. The van der Waals surface area contributed by atoms with Gasteiger partial charge in [-0.25, -0.2) is 17.5 Å². The molecule has 1 aromatic carbocycles. The van der Waals surface area contributed by atoms with E-state index in [1.54, 1.807) is 12.1 Å². The SMILES string of the molecule is C=CC(O)CC1CN2C(=O)O[C@@H](COC)[C@]23C(=O)N(S(=O)(=O)c2ccc(C)cc2)CC[C@H]13. The van der Waals surface area contributed by atoms with Crippen LogP contribution in [0.4, 0.5) is 4.79 Å². The van der Waals surface area contributed by atoms with Crippen LogP contribution >= 0.6 is 0 Å². The maximum absolute atomic E-state index is 14.0. The molecule has 0 radical (unpaired) electrons. The zero-order chi connectivity index (χ0) is 23.3. The van der Waals surface area contributed by atoms with Crippen molar-refractivity contribution in [2.45, 2.75) is 42.4 Å². The molecule has 0 aromatic heterocycles. The third-order valence-electron chi connectivity index (χ3n) is 6.91. The van der Waals surface area contributed by atoms with Gasteiger partial charge in [-0.05, 0) is 37.8 Å². The number of methoxy groups -OCH3 is 1. The van der Waals surface area contributed by atoms with Gasteiger partial charge in [0.15, 0.2) is 11.6 Å². The van der Waals surface area contributed by atoms with E-state index < -0.39 is 39.8 Å². The Morgan fingerprint density at radius 1 is 1.34 bits per heavy atom. The summed E-state index contributed by atoms with van der Waals surface area (Å²) in [7, 11) is -2.69. The first-order valence-corrected chi connectivity index (χ1v) is 12.0. The fourth-order valence-corrected chi connectivity index (χ4v) is 6.88. The number of cyclic esters (lactones) is 1. The number of carbonyl (C=O) groups is 2. The average molecular weight is 465 g/mol. The van der Waals surface area contributed by atoms with Gasteiger partial charge < -0.3 is 14.6 Å². The smallest absolute Gasteiger partial charge is 0.411 e. The predicted octanol–water partition coefficient (Wildman–Crippen LogP) is 1.31. The van der Waals surface area contributed by atoms with Crippen molar-refractivity contribution in [2.75, 3.05) is 26.8 Å². The fraction of sp³-hybridized carbons (Fsp3) is 0.545. The molecular formula is C22H28N2O7S. The van der Waals surface area contributed by atoms with Crippen LogP contribution in [0.25, 0.3) is 0 Å². The van der Waals surface area contributed by atoms with E-state index in [-0.39, 0.29) is 36.4 Å². The molecule has 174 valence electrons. The maximum Gasteiger partial charge on any atom is 0.411 e. The Kier molecular flexibility index (Phi) is 5.81. The Balaban J connectivity index is 1.77. The lowest BCUT2D eigenvalue weighted by atomic mass is 9.70. The number of carbonyl (C=O) groups excluding carboxylic acids is 2. The van der Waals surface area contributed by atoms with Crippen molar-refractivity contribution in [2.24, 2.45) is 11.8 Å². The van der Waals surface area contributed by atoms with E-state index in [1.807, 2.05) is 6.92 Å². The molecule has 4 rings (SSSR count). The summed E-state index contributed by atoms with van der Waals surface area (Å²) in [5, 5.41) is 10.2. The van der Waals surface area contributed by atoms with E-state index >= 15 is 0 Å². The van der Waals surface area contributed by atoms with Gasteiger partial charge >= 0.3 is 6.09 Å². The number of hydrogen-bond donors (Lipinski definition) is 1. The molecule has 0 aliphatic carbocycles. The lowest BCUT2D eigenvalue weighted by Gasteiger charge is -2.45. The molecule has 3 fully saturated rings. The molecule has 3 heterocycles. The minimum absolute atomic E-state index is 0.0100. The van der Waals surface area contributed by atoms with Crippen molar-refractivity contribution >= 4 is 22.0 Å². The van der Waals surface area contributed by atoms with Crippen LogP contribution in [0.3, 0.4) is 0 Å². The van der Waals surface area contributed by atoms with Gasteiger partial charge in [0, 0.05) is 26.1 Å². The summed E-state index contributed by atoms with van der Waals surface area (Å²) in [6, 6.07) is 6.29. The summed E-state index contributed by atoms with van der Waals surface area (Å²) in [6.07, 6.45) is -0.330. The molecule has 9 nitrogen and oxygen atoms in total. The molecule has 3 aliphatic heterocycles. The first-order chi connectivity index (χ1) is 15.2. The van der Waals surface area contributed by atoms with E-state index in [1.165, 1.54) is 30.2 Å². The number of ether oxygens (including phenoxy) is 2. The number of rotatable bonds is 7. The zero-order valence-corrected chi connectivity index (χ0v) is 19.0. The summed E-state index contributed by atoms with van der Waals surface area (Å²) in [6.45, 7) is 5.59. The van der Waals surface area contributed by atoms with Crippen molar-refractivity contribution < 1.29 is 32.6 Å². The molecule has 1 spiro atoms. The molecule has 0 bridgehead atoms. The van der Waals surface area contributed by atoms with Gasteiger partial charge in [0.25, 0.3) is 15.9 Å². The molecule has 5 atom stereocenters. The highest BCUT2D eigenvalue weighted by molar-refractivity contribution is 7.89. The maximum atomic E-state index is 14.0. The number of benzene rings is 1. The van der Waals surface area contributed by atoms with Crippen LogP contribution in [0.15, 0.2) is 41.8 Å². The number of aliphatic hydroxyl groups excluding tert-OH is 1. The van der Waals surface area contributed by atoms with Crippen molar-refractivity contribution in [1.29, 1.82) is 0 Å². The van der Waals surface area contributed by atoms with Crippen molar-refractivity contribution in [3.8, 4) is 0 Å². The lowest BCUT2D eigenvalue weighted by molar-refractivity contribution is -0.147. The van der Waals surface area contributed by atoms with E-state index in [0.29, 0.717) is 12.8 Å². The van der Waals surface area contributed by atoms with Crippen molar-refractivity contribution in [3.05, 3.63) is 42.5 Å². The van der Waals surface area contributed by atoms with E-state index in [4.69, 9.17) is 9.47 Å². The first kappa shape index (κ1) is 22.8. The van der Waals surface area contributed by atoms with E-state index in [2.05, 4.69) is 6.58 Å². The number of nitrogens with zero attached hydrogens (tertiary/aromatic N) is 2. The van der Waals surface area contributed by atoms with Crippen molar-refractivity contribution in [1.82, 2.24) is 9.21 Å². The molecule has 10 heteroatoms. The number of amides is 2. The monoisotopic (exact) mass is 464 g/mol. The van der Waals surface area contributed by atoms with Crippen LogP contribution in [0.5, 0.6) is 0 Å². The average Bonchev–Trinajstić information content (AvgIpc) is 3.22. The van der Waals surface area contributed by atoms with Crippen LogP contribution in [-0.4, -0.2) is 79.3 Å². The summed E-state index contributed by atoms with van der Waals surface area (Å²) in [5.41, 5.74) is -0.595. The Hall–Kier alpha value is -2.43. The van der Waals surface area contributed by atoms with Gasteiger partial charge in [-0.1, -0.05) is 23.8 Å². The number of hydrogen-bond acceptors (Lipinski definition) is 7. The molecule has 2 unspecified atom stereocenters. The van der Waals surface area contributed by atoms with Gasteiger partial charge in [-0.2, -0.15) is 0 Å². The molecule has 0 saturated carbocycles. The van der Waals surface area contributed by atoms with Gasteiger partial charge in [-0.15, -0.1) is 6.58 Å². The summed E-state index contributed by atoms with van der Waals surface area (Å²) >= 11 is 0. The largest absolute Gasteiger partial charge is 0.440 e. The first-order valence-electron chi connectivity index (χ1n) is 10.6. The minimum Gasteiger partial charge on any atom is -0.440 e. The van der Waals surface area contributed by atoms with Gasteiger partial charge in [0.05, 0.1) is 17.6 Å². The van der Waals surface area contributed by atoms with Gasteiger partial charge in [-0.3, -0.25) is 9.69 Å². The lowest BCUT2D eigenvalue weighted by Crippen LogP contribution is -2.67. The molecule has 3 aliphatic rings. The molecule has 3 saturated heterocycles. The highest BCUT2D eigenvalue weighted by atomic mass is 32.2. The quantitative estimate of drug-likeness (QED) is 0.605. The second-order valence-electron chi connectivity index (χ2n) is 8.65. The summed E-state index contributed by atoms with van der Waals surface area (Å²) < 4.78 is 38.4. The number of aliphatic hydroxyl groups is 1. The van der Waals surface area contributed by atoms with E-state index in [9.17, 15) is 23.1 Å². The Bertz CT molecular complexity index is 1030. The standard InChI is InChI=1S/C22H28N2O7S/c1-4-16(25)11-15-12-23-21(27)31-19(13-30-3)22(23)18(15)9-10-24(20(22)26)32(28,29)17-7-5-14(2)6-8-17/h4-8,15-16,18-19,25H,1,9-13H2,2-3H3/t15?,16?,18-,19+,22-/m1/s1. The highest BCUT2D eigenvalue weighted by Gasteiger charge is 2.72. The molecule has 1 N–H and O–H groups in total. The van der Waals surface area contributed by atoms with Gasteiger partial charge in [0.2, 0.25) is 0 Å². The molecule has 32 heavy (non-hydrogen) atoms. The fourth-order valence-electron chi connectivity index (χ4n) is 5.44. The third-order valence-corrected chi connectivity index (χ3v) is 8.70. The number of sulfonamides is 1. The normalized spacial score (nSPS) is 30.7. The molecule has 2 amide bonds. The van der Waals surface area contributed by atoms with Crippen LogP contribution in [0.1, 0.15) is 18.4 Å². The van der Waals surface area contributed by atoms with Crippen LogP contribution < -0.4 is 0 Å². The Morgan fingerprint density at radius 2 is 2.03 bits per heavy atom. The van der Waals surface area contributed by atoms with Crippen LogP contribution in [-0.2, 0) is 24.3 Å². The molecular weight excluding hydrogens is 436 g/mol. The van der Waals surface area contributed by atoms with Crippen LogP contribution in [0, 0.1) is 18.8 Å². The highest BCUT2D eigenvalue weighted by Crippen LogP contribution is 2.53. The topological polar surface area (TPSA) is 113 Å². The van der Waals surface area contributed by atoms with Crippen LogP contribution in [0.2, 0.25) is 0 Å². The van der Waals surface area contributed by atoms with E-state index in [0.717, 1.165) is 9.87 Å². The van der Waals surface area contributed by atoms with Crippen molar-refractivity contribution in [3.63, 3.8) is 0 Å². The molecule has 1 aromatic rings. The number of piperidine rings is 1. The second-order valence-corrected chi connectivity index (χ2v) is 10.5. The number of aryl methyl sites for hydroxylation is 1. The second kappa shape index (κ2) is 8.17. The van der Waals surface area contributed by atoms with Gasteiger partial charge in [0.1, 0.15) is 0 Å². The zero-order valence-electron chi connectivity index (χ0n) is 18.1. The summed E-state index contributed by atoms with van der Waals surface area (Å²) in [5.74, 6) is -1.26. The minimum atomic E-state index is -4.13. The third kappa shape index (κ3) is 3.23. The summed E-state index contributed by atoms with van der Waals surface area (Å²) in [4.78, 5) is 28.1. The Morgan fingerprint density at radius 3 is 2.66 bits per heavy atom.